The maximum Gasteiger partial charge on any atom is 0.202 e. The molecule has 0 saturated carbocycles. The van der Waals surface area contributed by atoms with Gasteiger partial charge in [0, 0.05) is 29.2 Å². The van der Waals surface area contributed by atoms with Crippen LogP contribution in [-0.4, -0.2) is 22.5 Å². The maximum atomic E-state index is 4.74. The van der Waals surface area contributed by atoms with E-state index in [9.17, 15) is 0 Å². The van der Waals surface area contributed by atoms with Gasteiger partial charge in [-0.1, -0.05) is 44.4 Å². The highest BCUT2D eigenvalue weighted by Crippen LogP contribution is 2.23. The third kappa shape index (κ3) is 5.02. The minimum absolute atomic E-state index is 0.729. The highest BCUT2D eigenvalue weighted by Gasteiger charge is 2.08. The Bertz CT molecular complexity index is 858. The van der Waals surface area contributed by atoms with E-state index < -0.39 is 0 Å². The zero-order valence-corrected chi connectivity index (χ0v) is 16.1. The van der Waals surface area contributed by atoms with Crippen molar-refractivity contribution in [1.29, 1.82) is 0 Å². The molecular weight excluding hydrogens is 342 g/mol. The Morgan fingerprint density at radius 1 is 1.15 bits per heavy atom. The number of nitrogens with zero attached hydrogens (tertiary/aromatic N) is 3. The Morgan fingerprint density at radius 2 is 2.04 bits per heavy atom. The van der Waals surface area contributed by atoms with Gasteiger partial charge in [0.2, 0.25) is 5.96 Å². The molecule has 0 radical (unpaired) electrons. The van der Waals surface area contributed by atoms with E-state index >= 15 is 0 Å². The molecule has 0 aliphatic carbocycles. The predicted molar refractivity (Wildman–Crippen MR) is 112 cm³/mol. The van der Waals surface area contributed by atoms with Gasteiger partial charge in [-0.3, -0.25) is 9.98 Å². The highest BCUT2D eigenvalue weighted by molar-refractivity contribution is 7.13. The number of hydrogen-bond acceptors (Lipinski definition) is 4. The lowest BCUT2D eigenvalue weighted by atomic mass is 10.1. The maximum absolute atomic E-state index is 4.74. The Hall–Kier alpha value is -2.47. The van der Waals surface area contributed by atoms with Crippen LogP contribution in [0.15, 0.2) is 46.9 Å². The number of aromatic nitrogens is 2. The second kappa shape index (κ2) is 9.29. The molecule has 3 aromatic rings. The molecule has 0 amide bonds. The number of benzene rings is 1. The number of hydrogen-bond donors (Lipinski definition) is 2. The molecule has 0 bridgehead atoms. The number of aryl methyl sites for hydroxylation is 1. The van der Waals surface area contributed by atoms with Crippen molar-refractivity contribution in [3.05, 3.63) is 47.6 Å². The number of thiazole rings is 1. The Labute approximate surface area is 158 Å². The first-order valence-electron chi connectivity index (χ1n) is 9.10. The third-order valence-electron chi connectivity index (χ3n) is 4.04. The summed E-state index contributed by atoms with van der Waals surface area (Å²) < 4.78 is 0. The number of guanidine groups is 1. The Kier molecular flexibility index (Phi) is 6.55. The molecule has 5 nitrogen and oxygen atoms in total. The molecule has 0 atom stereocenters. The number of nitrogens with one attached hydrogen (secondary N) is 2. The van der Waals surface area contributed by atoms with Gasteiger partial charge < -0.3 is 10.6 Å². The summed E-state index contributed by atoms with van der Waals surface area (Å²) >= 11 is 1.56. The zero-order chi connectivity index (χ0) is 18.2. The van der Waals surface area contributed by atoms with Crippen molar-refractivity contribution >= 4 is 39.0 Å². The van der Waals surface area contributed by atoms with Gasteiger partial charge in [-0.25, -0.2) is 4.98 Å². The summed E-state index contributed by atoms with van der Waals surface area (Å²) in [7, 11) is 0. The van der Waals surface area contributed by atoms with Gasteiger partial charge >= 0.3 is 0 Å². The molecule has 3 rings (SSSR count). The van der Waals surface area contributed by atoms with Crippen LogP contribution < -0.4 is 10.6 Å². The lowest BCUT2D eigenvalue weighted by molar-refractivity contribution is 0.675. The molecule has 26 heavy (non-hydrogen) atoms. The molecule has 0 fully saturated rings. The van der Waals surface area contributed by atoms with Crippen LogP contribution in [0, 0.1) is 6.92 Å². The molecular formula is C20H25N5S. The number of para-hydroxylation sites is 1. The molecule has 0 aliphatic rings. The highest BCUT2D eigenvalue weighted by atomic mass is 32.1. The minimum Gasteiger partial charge on any atom is -0.325 e. The van der Waals surface area contributed by atoms with E-state index in [1.807, 2.05) is 30.5 Å². The largest absolute Gasteiger partial charge is 0.325 e. The average Bonchev–Trinajstić information content (AvgIpc) is 3.14. The van der Waals surface area contributed by atoms with Crippen LogP contribution in [0.5, 0.6) is 0 Å². The van der Waals surface area contributed by atoms with Crippen LogP contribution in [0.25, 0.3) is 10.9 Å². The summed E-state index contributed by atoms with van der Waals surface area (Å²) in [6, 6.07) is 10.2. The first-order chi connectivity index (χ1) is 12.8. The summed E-state index contributed by atoms with van der Waals surface area (Å²) in [5.41, 5.74) is 2.96. The van der Waals surface area contributed by atoms with E-state index in [0.717, 1.165) is 46.3 Å². The number of aliphatic imine (C=N–C) groups is 1. The number of unbranched alkanes of at least 4 members (excludes halogenated alkanes) is 3. The molecule has 6 heteroatoms. The summed E-state index contributed by atoms with van der Waals surface area (Å²) in [5, 5.41) is 10.6. The van der Waals surface area contributed by atoms with E-state index in [4.69, 9.17) is 4.99 Å². The SMILES string of the molecule is CCCCCCN=C(Nc1nccs1)Nc1cc(C)nc2ccccc12. The molecule has 2 aromatic heterocycles. The van der Waals surface area contributed by atoms with Gasteiger partial charge in [0.25, 0.3) is 0 Å². The third-order valence-corrected chi connectivity index (χ3v) is 4.73. The van der Waals surface area contributed by atoms with Crippen LogP contribution in [-0.2, 0) is 0 Å². The fourth-order valence-electron chi connectivity index (χ4n) is 2.76. The van der Waals surface area contributed by atoms with Crippen LogP contribution in [0.2, 0.25) is 0 Å². The van der Waals surface area contributed by atoms with Gasteiger partial charge in [-0.05, 0) is 25.5 Å². The van der Waals surface area contributed by atoms with Crippen LogP contribution in [0.4, 0.5) is 10.8 Å². The second-order valence-corrected chi connectivity index (χ2v) is 7.10. The van der Waals surface area contributed by atoms with E-state index in [1.54, 1.807) is 17.5 Å². The van der Waals surface area contributed by atoms with E-state index in [0.29, 0.717) is 0 Å². The lowest BCUT2D eigenvalue weighted by Gasteiger charge is -2.13. The fourth-order valence-corrected chi connectivity index (χ4v) is 3.29. The fraction of sp³-hybridized carbons (Fsp3) is 0.350. The average molecular weight is 368 g/mol. The van der Waals surface area contributed by atoms with Crippen molar-refractivity contribution < 1.29 is 0 Å². The minimum atomic E-state index is 0.729. The summed E-state index contributed by atoms with van der Waals surface area (Å²) in [5.74, 6) is 0.729. The molecule has 2 heterocycles. The number of anilines is 2. The normalized spacial score (nSPS) is 11.7. The number of rotatable bonds is 7. The van der Waals surface area contributed by atoms with Gasteiger partial charge in [-0.15, -0.1) is 11.3 Å². The predicted octanol–water partition coefficient (Wildman–Crippen LogP) is 5.46. The monoisotopic (exact) mass is 367 g/mol. The van der Waals surface area contributed by atoms with Gasteiger partial charge in [-0.2, -0.15) is 0 Å². The number of pyridine rings is 1. The topological polar surface area (TPSA) is 62.2 Å². The van der Waals surface area contributed by atoms with Crippen LogP contribution >= 0.6 is 11.3 Å². The van der Waals surface area contributed by atoms with E-state index in [-0.39, 0.29) is 0 Å². The smallest absolute Gasteiger partial charge is 0.202 e. The molecule has 2 N–H and O–H groups in total. The Morgan fingerprint density at radius 3 is 2.85 bits per heavy atom. The van der Waals surface area contributed by atoms with E-state index in [2.05, 4.69) is 39.7 Å². The molecule has 136 valence electrons. The first-order valence-corrected chi connectivity index (χ1v) is 9.98. The zero-order valence-electron chi connectivity index (χ0n) is 15.3. The summed E-state index contributed by atoms with van der Waals surface area (Å²) in [4.78, 5) is 13.7. The van der Waals surface area contributed by atoms with Gasteiger partial charge in [0.15, 0.2) is 5.13 Å². The molecule has 0 unspecified atom stereocenters. The standard InChI is InChI=1S/C20H25N5S/c1-3-4-5-8-11-21-19(25-20-22-12-13-26-20)24-18-14-15(2)23-17-10-7-6-9-16(17)18/h6-7,9-10,12-14H,3-5,8,11H2,1-2H3,(H2,21,22,23,24,25). The van der Waals surface area contributed by atoms with Crippen LogP contribution in [0.3, 0.4) is 0 Å². The van der Waals surface area contributed by atoms with Gasteiger partial charge in [0.1, 0.15) is 0 Å². The Balaban J connectivity index is 1.81. The summed E-state index contributed by atoms with van der Waals surface area (Å²) in [6.07, 6.45) is 6.58. The molecule has 0 aliphatic heterocycles. The second-order valence-electron chi connectivity index (χ2n) is 6.21. The van der Waals surface area contributed by atoms with Crippen molar-refractivity contribution in [2.24, 2.45) is 4.99 Å². The first kappa shape index (κ1) is 18.3. The van der Waals surface area contributed by atoms with Crippen molar-refractivity contribution in [3.63, 3.8) is 0 Å². The van der Waals surface area contributed by atoms with Gasteiger partial charge in [0.05, 0.1) is 11.2 Å². The van der Waals surface area contributed by atoms with Crippen molar-refractivity contribution in [1.82, 2.24) is 9.97 Å². The van der Waals surface area contributed by atoms with Crippen LogP contribution in [0.1, 0.15) is 38.3 Å². The molecule has 0 saturated heterocycles. The molecule has 1 aromatic carbocycles. The van der Waals surface area contributed by atoms with Crippen molar-refractivity contribution in [2.45, 2.75) is 39.5 Å². The van der Waals surface area contributed by atoms with E-state index in [1.165, 1.54) is 19.3 Å². The quantitative estimate of drug-likeness (QED) is 0.331. The lowest BCUT2D eigenvalue weighted by Crippen LogP contribution is -2.23. The van der Waals surface area contributed by atoms with Crippen molar-refractivity contribution in [2.75, 3.05) is 17.2 Å². The van der Waals surface area contributed by atoms with Crippen molar-refractivity contribution in [3.8, 4) is 0 Å². The molecule has 0 spiro atoms. The number of fused-ring (bicyclic) bond motifs is 1. The summed E-state index contributed by atoms with van der Waals surface area (Å²) in [6.45, 7) is 5.02.